The Bertz CT molecular complexity index is 1180. The summed E-state index contributed by atoms with van der Waals surface area (Å²) in [6.07, 6.45) is 3.87. The van der Waals surface area contributed by atoms with Crippen molar-refractivity contribution < 1.29 is 14.3 Å². The molecule has 1 unspecified atom stereocenters. The van der Waals surface area contributed by atoms with Crippen molar-refractivity contribution in [1.82, 2.24) is 14.7 Å². The van der Waals surface area contributed by atoms with Crippen LogP contribution in [-0.2, 0) is 22.6 Å². The highest BCUT2D eigenvalue weighted by Gasteiger charge is 2.29. The highest BCUT2D eigenvalue weighted by molar-refractivity contribution is 5.93. The summed E-state index contributed by atoms with van der Waals surface area (Å²) in [5, 5.41) is 13.4. The Morgan fingerprint density at radius 2 is 2.06 bits per heavy atom. The molecule has 1 saturated heterocycles. The molecular formula is C24H22N4O3. The third kappa shape index (κ3) is 3.72. The van der Waals surface area contributed by atoms with Crippen LogP contribution in [-0.4, -0.2) is 40.3 Å². The van der Waals surface area contributed by atoms with E-state index in [4.69, 9.17) is 14.7 Å². The Balaban J connectivity index is 1.29. The fraction of sp³-hybridized carbons (Fsp3) is 0.292. The number of ether oxygens (including phenoxy) is 2. The molecule has 0 saturated carbocycles. The van der Waals surface area contributed by atoms with E-state index in [-0.39, 0.29) is 12.1 Å². The summed E-state index contributed by atoms with van der Waals surface area (Å²) >= 11 is 0. The van der Waals surface area contributed by atoms with Crippen LogP contribution in [0.5, 0.6) is 0 Å². The predicted octanol–water partition coefficient (Wildman–Crippen LogP) is 3.30. The summed E-state index contributed by atoms with van der Waals surface area (Å²) < 4.78 is 13.1. The molecule has 31 heavy (non-hydrogen) atoms. The maximum atomic E-state index is 11.8. The third-order valence-electron chi connectivity index (χ3n) is 6.01. The molecule has 0 spiro atoms. The van der Waals surface area contributed by atoms with Crippen LogP contribution in [0.3, 0.4) is 0 Å². The van der Waals surface area contributed by atoms with Gasteiger partial charge in [-0.1, -0.05) is 6.07 Å². The minimum Gasteiger partial charge on any atom is -0.457 e. The quantitative estimate of drug-likeness (QED) is 0.610. The summed E-state index contributed by atoms with van der Waals surface area (Å²) in [6.45, 7) is 5.45. The molecule has 2 aliphatic heterocycles. The molecule has 1 aromatic heterocycles. The monoisotopic (exact) mass is 414 g/mol. The Morgan fingerprint density at radius 3 is 2.87 bits per heavy atom. The molecule has 5 rings (SSSR count). The van der Waals surface area contributed by atoms with Crippen molar-refractivity contribution >= 4 is 5.97 Å². The number of morpholine rings is 1. The average molecular weight is 414 g/mol. The first-order valence-corrected chi connectivity index (χ1v) is 10.3. The van der Waals surface area contributed by atoms with E-state index in [0.29, 0.717) is 24.3 Å². The standard InChI is InChI=1S/C24H22N4O3/c1-16-20(6-7-21-22(16)15-31-24(21)29)23-14-27(8-9-30-23)12-18-11-26-28(13-18)19-4-2-17(10-25)3-5-19/h2-7,11,13,23H,8-9,12,14-15H2,1H3. The first kappa shape index (κ1) is 19.5. The summed E-state index contributed by atoms with van der Waals surface area (Å²) in [5.41, 5.74) is 6.54. The summed E-state index contributed by atoms with van der Waals surface area (Å²) in [5.74, 6) is -0.241. The zero-order valence-corrected chi connectivity index (χ0v) is 17.2. The van der Waals surface area contributed by atoms with Gasteiger partial charge in [-0.15, -0.1) is 0 Å². The van der Waals surface area contributed by atoms with Crippen LogP contribution in [0.25, 0.3) is 5.69 Å². The van der Waals surface area contributed by atoms with Gasteiger partial charge in [0.2, 0.25) is 0 Å². The smallest absolute Gasteiger partial charge is 0.338 e. The number of fused-ring (bicyclic) bond motifs is 1. The highest BCUT2D eigenvalue weighted by atomic mass is 16.5. The van der Waals surface area contributed by atoms with Crippen molar-refractivity contribution in [1.29, 1.82) is 5.26 Å². The van der Waals surface area contributed by atoms with Gasteiger partial charge < -0.3 is 9.47 Å². The number of esters is 1. The minimum atomic E-state index is -0.241. The molecule has 156 valence electrons. The van der Waals surface area contributed by atoms with Gasteiger partial charge in [-0.2, -0.15) is 10.4 Å². The molecule has 3 heterocycles. The second-order valence-electron chi connectivity index (χ2n) is 7.93. The van der Waals surface area contributed by atoms with Crippen molar-refractivity contribution in [2.24, 2.45) is 0 Å². The van der Waals surface area contributed by atoms with E-state index in [9.17, 15) is 4.79 Å². The van der Waals surface area contributed by atoms with Crippen LogP contribution in [0.15, 0.2) is 48.8 Å². The predicted molar refractivity (Wildman–Crippen MR) is 113 cm³/mol. The molecule has 1 fully saturated rings. The second kappa shape index (κ2) is 7.99. The Labute approximate surface area is 180 Å². The maximum absolute atomic E-state index is 11.8. The zero-order chi connectivity index (χ0) is 21.4. The third-order valence-corrected chi connectivity index (χ3v) is 6.01. The van der Waals surface area contributed by atoms with E-state index in [1.54, 1.807) is 12.1 Å². The molecule has 0 bridgehead atoms. The number of benzene rings is 2. The van der Waals surface area contributed by atoms with Gasteiger partial charge >= 0.3 is 5.97 Å². The number of hydrogen-bond acceptors (Lipinski definition) is 6. The Hall–Kier alpha value is -3.47. The van der Waals surface area contributed by atoms with Crippen molar-refractivity contribution in [3.8, 4) is 11.8 Å². The molecule has 0 amide bonds. The van der Waals surface area contributed by atoms with E-state index in [1.807, 2.05) is 48.3 Å². The molecule has 0 aliphatic carbocycles. The van der Waals surface area contributed by atoms with Crippen LogP contribution in [0.4, 0.5) is 0 Å². The number of hydrogen-bond donors (Lipinski definition) is 0. The van der Waals surface area contributed by atoms with Crippen LogP contribution in [0.2, 0.25) is 0 Å². The maximum Gasteiger partial charge on any atom is 0.338 e. The number of nitrogens with zero attached hydrogens (tertiary/aromatic N) is 4. The Kier molecular flexibility index (Phi) is 5.02. The molecule has 0 radical (unpaired) electrons. The molecule has 3 aromatic rings. The van der Waals surface area contributed by atoms with Gasteiger partial charge in [0, 0.05) is 37.0 Å². The SMILES string of the molecule is Cc1c(C2CN(Cc3cnn(-c4ccc(C#N)cc4)c3)CCO2)ccc2c1COC2=O. The van der Waals surface area contributed by atoms with Crippen molar-refractivity contribution in [2.75, 3.05) is 19.7 Å². The number of aromatic nitrogens is 2. The molecule has 2 aliphatic rings. The highest BCUT2D eigenvalue weighted by Crippen LogP contribution is 2.32. The average Bonchev–Trinajstić information content (AvgIpc) is 3.42. The lowest BCUT2D eigenvalue weighted by Gasteiger charge is -2.33. The van der Waals surface area contributed by atoms with Crippen molar-refractivity contribution in [3.05, 3.63) is 82.2 Å². The van der Waals surface area contributed by atoms with Crippen LogP contribution < -0.4 is 0 Å². The molecule has 2 aromatic carbocycles. The number of carbonyl (C=O) groups excluding carboxylic acids is 1. The van der Waals surface area contributed by atoms with Gasteiger partial charge in [0.05, 0.1) is 41.8 Å². The summed E-state index contributed by atoms with van der Waals surface area (Å²) in [6, 6.07) is 13.4. The normalized spacial score (nSPS) is 18.5. The topological polar surface area (TPSA) is 80.4 Å². The fourth-order valence-corrected chi connectivity index (χ4v) is 4.28. The van der Waals surface area contributed by atoms with Crippen molar-refractivity contribution in [2.45, 2.75) is 26.2 Å². The summed E-state index contributed by atoms with van der Waals surface area (Å²) in [4.78, 5) is 14.2. The van der Waals surface area contributed by atoms with Crippen LogP contribution in [0, 0.1) is 18.3 Å². The lowest BCUT2D eigenvalue weighted by molar-refractivity contribution is -0.0332. The minimum absolute atomic E-state index is 0.0386. The van der Waals surface area contributed by atoms with Gasteiger partial charge in [-0.25, -0.2) is 9.48 Å². The zero-order valence-electron chi connectivity index (χ0n) is 17.2. The van der Waals surface area contributed by atoms with Gasteiger partial charge in [-0.05, 0) is 48.4 Å². The molecule has 0 N–H and O–H groups in total. The number of carbonyl (C=O) groups is 1. The lowest BCUT2D eigenvalue weighted by atomic mass is 9.94. The van der Waals surface area contributed by atoms with E-state index in [0.717, 1.165) is 47.6 Å². The van der Waals surface area contributed by atoms with Gasteiger partial charge in [0.1, 0.15) is 6.61 Å². The largest absolute Gasteiger partial charge is 0.457 e. The van der Waals surface area contributed by atoms with Gasteiger partial charge in [0.25, 0.3) is 0 Å². The van der Waals surface area contributed by atoms with E-state index in [1.165, 1.54) is 0 Å². The number of cyclic esters (lactones) is 1. The first-order valence-electron chi connectivity index (χ1n) is 10.3. The second-order valence-corrected chi connectivity index (χ2v) is 7.93. The van der Waals surface area contributed by atoms with Gasteiger partial charge in [0.15, 0.2) is 0 Å². The first-order chi connectivity index (χ1) is 15.1. The molecular weight excluding hydrogens is 392 g/mol. The van der Waals surface area contributed by atoms with Crippen molar-refractivity contribution in [3.63, 3.8) is 0 Å². The Morgan fingerprint density at radius 1 is 1.23 bits per heavy atom. The van der Waals surface area contributed by atoms with Gasteiger partial charge in [-0.3, -0.25) is 4.90 Å². The van der Waals surface area contributed by atoms with Crippen LogP contribution in [0.1, 0.15) is 44.3 Å². The number of rotatable bonds is 4. The molecule has 7 heteroatoms. The lowest BCUT2D eigenvalue weighted by Crippen LogP contribution is -2.38. The molecule has 7 nitrogen and oxygen atoms in total. The fourth-order valence-electron chi connectivity index (χ4n) is 4.28. The van der Waals surface area contributed by atoms with E-state index in [2.05, 4.69) is 16.1 Å². The molecule has 1 atom stereocenters. The van der Waals surface area contributed by atoms with E-state index >= 15 is 0 Å². The van der Waals surface area contributed by atoms with Crippen LogP contribution >= 0.6 is 0 Å². The summed E-state index contributed by atoms with van der Waals surface area (Å²) in [7, 11) is 0. The number of nitriles is 1. The van der Waals surface area contributed by atoms with E-state index < -0.39 is 0 Å².